The molecule has 1 aliphatic rings. The van der Waals surface area contributed by atoms with Gasteiger partial charge in [0.25, 0.3) is 11.9 Å². The molecule has 0 unspecified atom stereocenters. The van der Waals surface area contributed by atoms with Gasteiger partial charge in [-0.3, -0.25) is 9.59 Å². The van der Waals surface area contributed by atoms with Crippen LogP contribution in [0.25, 0.3) is 0 Å². The minimum Gasteiger partial charge on any atom is -0.449 e. The van der Waals surface area contributed by atoms with Gasteiger partial charge in [-0.05, 0) is 18.4 Å². The molecule has 9 heteroatoms. The van der Waals surface area contributed by atoms with Gasteiger partial charge in [-0.1, -0.05) is 44.2 Å². The zero-order valence-electron chi connectivity index (χ0n) is 17.2. The van der Waals surface area contributed by atoms with E-state index in [1.807, 2.05) is 37.3 Å². The van der Waals surface area contributed by atoms with Gasteiger partial charge in [-0.15, -0.1) is 0 Å². The number of carbonyl (C=O) groups is 3. The maximum Gasteiger partial charge on any atom is 0.513 e. The predicted molar refractivity (Wildman–Crippen MR) is 109 cm³/mol. The molecule has 9 nitrogen and oxygen atoms in total. The normalized spacial score (nSPS) is 20.5. The first kappa shape index (κ1) is 23.2. The van der Waals surface area contributed by atoms with Gasteiger partial charge >= 0.3 is 6.16 Å². The van der Waals surface area contributed by atoms with Crippen LogP contribution in [0.2, 0.25) is 0 Å². The van der Waals surface area contributed by atoms with Crippen LogP contribution in [0, 0.1) is 0 Å². The number of nitrogens with one attached hydrogen (secondary N) is 1. The van der Waals surface area contributed by atoms with E-state index >= 15 is 0 Å². The fraction of sp³-hybridized carbons (Fsp3) is 0.476. The van der Waals surface area contributed by atoms with Crippen molar-refractivity contribution in [1.82, 2.24) is 10.2 Å². The van der Waals surface area contributed by atoms with Gasteiger partial charge in [0.2, 0.25) is 12.0 Å². The highest BCUT2D eigenvalue weighted by molar-refractivity contribution is 5.84. The second kappa shape index (κ2) is 11.2. The van der Waals surface area contributed by atoms with E-state index in [2.05, 4.69) is 10.1 Å². The van der Waals surface area contributed by atoms with Crippen molar-refractivity contribution in [2.45, 2.75) is 51.3 Å². The van der Waals surface area contributed by atoms with Gasteiger partial charge in [-0.2, -0.15) is 0 Å². The van der Waals surface area contributed by atoms with Crippen molar-refractivity contribution in [3.05, 3.63) is 47.9 Å². The summed E-state index contributed by atoms with van der Waals surface area (Å²) in [7, 11) is 0. The Hall–Kier alpha value is -3.07. The van der Waals surface area contributed by atoms with E-state index in [4.69, 9.17) is 15.6 Å². The maximum atomic E-state index is 13.3. The number of carbonyl (C=O) groups excluding carboxylic acids is 2. The number of amides is 2. The second-order valence-corrected chi connectivity index (χ2v) is 6.98. The molecule has 1 aromatic rings. The van der Waals surface area contributed by atoms with E-state index in [1.165, 1.54) is 6.08 Å². The third-order valence-electron chi connectivity index (χ3n) is 4.71. The number of benzene rings is 1. The molecule has 0 saturated heterocycles. The topological polar surface area (TPSA) is 131 Å². The van der Waals surface area contributed by atoms with Crippen LogP contribution in [0.4, 0.5) is 4.79 Å². The molecule has 0 aliphatic carbocycles. The lowest BCUT2D eigenvalue weighted by atomic mass is 9.98. The van der Waals surface area contributed by atoms with E-state index < -0.39 is 24.3 Å². The van der Waals surface area contributed by atoms with E-state index in [0.717, 1.165) is 12.0 Å². The fourth-order valence-corrected chi connectivity index (χ4v) is 3.20. The highest BCUT2D eigenvalue weighted by atomic mass is 16.7. The number of nitrogens with zero attached hydrogens (tertiary/aromatic N) is 1. The smallest absolute Gasteiger partial charge is 0.449 e. The SMILES string of the molecule is CCCN(CCc1ccccc1)C(=O)[C@@H]1OC(OC(=O)O)=C[C@H](N)[C@H]1NC(=O)CC. The highest BCUT2D eigenvalue weighted by Crippen LogP contribution is 2.21. The monoisotopic (exact) mass is 419 g/mol. The third-order valence-corrected chi connectivity index (χ3v) is 4.71. The first-order valence-corrected chi connectivity index (χ1v) is 10.0. The lowest BCUT2D eigenvalue weighted by Gasteiger charge is -2.37. The van der Waals surface area contributed by atoms with Crippen molar-refractivity contribution < 1.29 is 29.0 Å². The van der Waals surface area contributed by atoms with Gasteiger partial charge in [0.05, 0.1) is 12.1 Å². The molecule has 0 bridgehead atoms. The Morgan fingerprint density at radius 2 is 1.90 bits per heavy atom. The van der Waals surface area contributed by atoms with Crippen LogP contribution >= 0.6 is 0 Å². The Kier molecular flexibility index (Phi) is 8.67. The summed E-state index contributed by atoms with van der Waals surface area (Å²) in [4.78, 5) is 37.8. The van der Waals surface area contributed by atoms with Crippen molar-refractivity contribution in [1.29, 1.82) is 0 Å². The average Bonchev–Trinajstić information content (AvgIpc) is 2.72. The Labute approximate surface area is 175 Å². The van der Waals surface area contributed by atoms with Crippen LogP contribution in [0.3, 0.4) is 0 Å². The number of rotatable bonds is 9. The second-order valence-electron chi connectivity index (χ2n) is 6.98. The molecule has 30 heavy (non-hydrogen) atoms. The fourth-order valence-electron chi connectivity index (χ4n) is 3.20. The first-order chi connectivity index (χ1) is 14.3. The molecular weight excluding hydrogens is 390 g/mol. The Morgan fingerprint density at radius 1 is 1.20 bits per heavy atom. The standard InChI is InChI=1S/C21H29N3O6/c1-3-11-24(12-10-14-8-6-5-7-9-14)20(26)19-18(23-16(25)4-2)15(22)13-17(29-19)30-21(27)28/h5-9,13,15,18-19H,3-4,10-12,22H2,1-2H3,(H,23,25)(H,27,28)/t15-,18+,19+/m0/s1. The van der Waals surface area contributed by atoms with Crippen molar-refractivity contribution in [3.63, 3.8) is 0 Å². The van der Waals surface area contributed by atoms with Crippen LogP contribution in [0.15, 0.2) is 42.4 Å². The summed E-state index contributed by atoms with van der Waals surface area (Å²) < 4.78 is 10.1. The summed E-state index contributed by atoms with van der Waals surface area (Å²) in [6.45, 7) is 4.55. The summed E-state index contributed by atoms with van der Waals surface area (Å²) in [5, 5.41) is 11.6. The Bertz CT molecular complexity index is 767. The first-order valence-electron chi connectivity index (χ1n) is 10.0. The van der Waals surface area contributed by atoms with Crippen molar-refractivity contribution in [2.75, 3.05) is 13.1 Å². The van der Waals surface area contributed by atoms with Crippen molar-refractivity contribution in [3.8, 4) is 0 Å². The number of hydrogen-bond donors (Lipinski definition) is 3. The van der Waals surface area contributed by atoms with Gasteiger partial charge in [0, 0.05) is 25.6 Å². The highest BCUT2D eigenvalue weighted by Gasteiger charge is 2.41. The molecule has 0 fully saturated rings. The molecule has 0 aromatic heterocycles. The van der Waals surface area contributed by atoms with Crippen LogP contribution in [0.1, 0.15) is 32.3 Å². The zero-order chi connectivity index (χ0) is 22.1. The Balaban J connectivity index is 2.22. The van der Waals surface area contributed by atoms with Crippen LogP contribution in [-0.4, -0.2) is 59.3 Å². The number of hydrogen-bond acceptors (Lipinski definition) is 6. The molecule has 1 heterocycles. The number of nitrogens with two attached hydrogens (primary N) is 1. The van der Waals surface area contributed by atoms with E-state index in [-0.39, 0.29) is 24.2 Å². The zero-order valence-corrected chi connectivity index (χ0v) is 17.2. The molecule has 0 spiro atoms. The molecule has 0 saturated carbocycles. The lowest BCUT2D eigenvalue weighted by molar-refractivity contribution is -0.149. The van der Waals surface area contributed by atoms with Crippen LogP contribution < -0.4 is 11.1 Å². The summed E-state index contributed by atoms with van der Waals surface area (Å²) in [6.07, 6.45) is 0.0408. The molecular formula is C21H29N3O6. The quantitative estimate of drug-likeness (QED) is 0.518. The van der Waals surface area contributed by atoms with Crippen LogP contribution in [-0.2, 0) is 25.5 Å². The third kappa shape index (κ3) is 6.48. The van der Waals surface area contributed by atoms with Gasteiger partial charge < -0.3 is 30.5 Å². The van der Waals surface area contributed by atoms with Crippen molar-refractivity contribution >= 4 is 18.0 Å². The molecule has 4 N–H and O–H groups in total. The van der Waals surface area contributed by atoms with E-state index in [0.29, 0.717) is 19.5 Å². The largest absolute Gasteiger partial charge is 0.513 e. The maximum absolute atomic E-state index is 13.3. The predicted octanol–water partition coefficient (Wildman–Crippen LogP) is 1.62. The molecule has 0 radical (unpaired) electrons. The molecule has 2 rings (SSSR count). The van der Waals surface area contributed by atoms with Gasteiger partial charge in [0.15, 0.2) is 0 Å². The molecule has 2 amide bonds. The molecule has 1 aromatic carbocycles. The summed E-state index contributed by atoms with van der Waals surface area (Å²) in [6, 6.07) is 8.05. The van der Waals surface area contributed by atoms with Crippen molar-refractivity contribution in [2.24, 2.45) is 5.73 Å². The number of carboxylic acid groups (broad SMARTS) is 1. The minimum atomic E-state index is -1.58. The van der Waals surface area contributed by atoms with Crippen LogP contribution in [0.5, 0.6) is 0 Å². The van der Waals surface area contributed by atoms with E-state index in [1.54, 1.807) is 11.8 Å². The Morgan fingerprint density at radius 3 is 2.50 bits per heavy atom. The number of ether oxygens (including phenoxy) is 2. The molecule has 3 atom stereocenters. The van der Waals surface area contributed by atoms with Gasteiger partial charge in [-0.25, -0.2) is 4.79 Å². The van der Waals surface area contributed by atoms with Gasteiger partial charge in [0.1, 0.15) is 0 Å². The molecule has 1 aliphatic heterocycles. The lowest BCUT2D eigenvalue weighted by Crippen LogP contribution is -2.61. The minimum absolute atomic E-state index is 0.207. The summed E-state index contributed by atoms with van der Waals surface area (Å²) >= 11 is 0. The molecule has 164 valence electrons. The van der Waals surface area contributed by atoms with E-state index in [9.17, 15) is 14.4 Å². The summed E-state index contributed by atoms with van der Waals surface area (Å²) in [5.74, 6) is -1.04. The summed E-state index contributed by atoms with van der Waals surface area (Å²) in [5.41, 5.74) is 7.18. The average molecular weight is 419 g/mol.